The van der Waals surface area contributed by atoms with E-state index >= 15 is 0 Å². The van der Waals surface area contributed by atoms with E-state index in [-0.39, 0.29) is 18.7 Å². The molecular weight excluding hydrogens is 446 g/mol. The lowest BCUT2D eigenvalue weighted by molar-refractivity contribution is 0.141. The van der Waals surface area contributed by atoms with Crippen LogP contribution in [0, 0.1) is 18.3 Å². The highest BCUT2D eigenvalue weighted by Gasteiger charge is 2.35. The fourth-order valence-corrected chi connectivity index (χ4v) is 6.42. The lowest BCUT2D eigenvalue weighted by Gasteiger charge is -2.30. The molecule has 2 fully saturated rings. The monoisotopic (exact) mass is 473 g/mol. The van der Waals surface area contributed by atoms with E-state index in [2.05, 4.69) is 11.0 Å². The molecule has 0 aromatic heterocycles. The van der Waals surface area contributed by atoms with Crippen LogP contribution in [0.3, 0.4) is 0 Å². The van der Waals surface area contributed by atoms with Crippen LogP contribution in [-0.4, -0.2) is 56.8 Å². The molecule has 170 valence electrons. The van der Waals surface area contributed by atoms with E-state index < -0.39 is 11.0 Å². The van der Waals surface area contributed by atoms with Crippen molar-refractivity contribution < 1.29 is 14.1 Å². The van der Waals surface area contributed by atoms with Gasteiger partial charge in [0.1, 0.15) is 22.5 Å². The van der Waals surface area contributed by atoms with Gasteiger partial charge in [-0.05, 0) is 81.1 Å². The third-order valence-corrected chi connectivity index (χ3v) is 8.02. The summed E-state index contributed by atoms with van der Waals surface area (Å²) in [5, 5.41) is 19.6. The number of nitrogens with zero attached hydrogens (tertiary/aromatic N) is 3. The smallest absolute Gasteiger partial charge is 0.145 e. The van der Waals surface area contributed by atoms with Crippen molar-refractivity contribution in [1.82, 2.24) is 9.21 Å². The van der Waals surface area contributed by atoms with Gasteiger partial charge in [0, 0.05) is 30.2 Å². The molecule has 0 spiro atoms. The SMILES string of the molecule is Cc1cc(Cl)cc(Oc2ccc(C#N)cc2S(=O)N2CCCC2CN2CCCC2CO)c1. The van der Waals surface area contributed by atoms with E-state index in [0.717, 1.165) is 50.9 Å². The zero-order valence-electron chi connectivity index (χ0n) is 18.2. The highest BCUT2D eigenvalue weighted by molar-refractivity contribution is 7.82. The zero-order chi connectivity index (χ0) is 22.7. The van der Waals surface area contributed by atoms with Gasteiger partial charge in [0.25, 0.3) is 0 Å². The number of benzene rings is 2. The summed E-state index contributed by atoms with van der Waals surface area (Å²) >= 11 is 6.18. The topological polar surface area (TPSA) is 76.8 Å². The molecule has 0 saturated carbocycles. The van der Waals surface area contributed by atoms with E-state index in [1.807, 2.05) is 23.4 Å². The lowest BCUT2D eigenvalue weighted by atomic mass is 10.2. The Hall–Kier alpha value is -1.95. The second-order valence-electron chi connectivity index (χ2n) is 8.50. The number of likely N-dealkylation sites (tertiary alicyclic amines) is 1. The maximum Gasteiger partial charge on any atom is 0.145 e. The van der Waals surface area contributed by atoms with Crippen LogP contribution in [0.25, 0.3) is 0 Å². The normalized spacial score (nSPS) is 22.7. The third-order valence-electron chi connectivity index (χ3n) is 6.20. The number of aliphatic hydroxyl groups excluding tert-OH is 1. The van der Waals surface area contributed by atoms with E-state index in [1.54, 1.807) is 24.3 Å². The Kier molecular flexibility index (Phi) is 7.49. The molecule has 0 amide bonds. The van der Waals surface area contributed by atoms with Gasteiger partial charge in [-0.3, -0.25) is 4.90 Å². The van der Waals surface area contributed by atoms with Gasteiger partial charge < -0.3 is 9.84 Å². The highest BCUT2D eigenvalue weighted by Crippen LogP contribution is 2.34. The number of aliphatic hydroxyl groups is 1. The molecule has 3 atom stereocenters. The molecule has 2 heterocycles. The number of hydrogen-bond donors (Lipinski definition) is 1. The molecule has 8 heteroatoms. The van der Waals surface area contributed by atoms with Crippen LogP contribution in [0.1, 0.15) is 36.8 Å². The first kappa shape index (κ1) is 23.2. The van der Waals surface area contributed by atoms with Crippen molar-refractivity contribution in [3.8, 4) is 17.6 Å². The van der Waals surface area contributed by atoms with Crippen LogP contribution in [-0.2, 0) is 11.0 Å². The van der Waals surface area contributed by atoms with Crippen molar-refractivity contribution >= 4 is 22.6 Å². The summed E-state index contributed by atoms with van der Waals surface area (Å²) in [6.07, 6.45) is 4.02. The Morgan fingerprint density at radius 3 is 2.72 bits per heavy atom. The van der Waals surface area contributed by atoms with Gasteiger partial charge in [-0.1, -0.05) is 11.6 Å². The van der Waals surface area contributed by atoms with Crippen molar-refractivity contribution in [3.63, 3.8) is 0 Å². The van der Waals surface area contributed by atoms with Crippen LogP contribution >= 0.6 is 11.6 Å². The maximum absolute atomic E-state index is 13.7. The number of ether oxygens (including phenoxy) is 1. The Morgan fingerprint density at radius 2 is 1.97 bits per heavy atom. The lowest BCUT2D eigenvalue weighted by Crippen LogP contribution is -2.44. The molecule has 2 aliphatic heterocycles. The molecule has 0 aliphatic carbocycles. The van der Waals surface area contributed by atoms with Crippen molar-refractivity contribution in [2.45, 2.75) is 49.6 Å². The number of nitriles is 1. The molecule has 32 heavy (non-hydrogen) atoms. The van der Waals surface area contributed by atoms with Crippen LogP contribution < -0.4 is 4.74 Å². The van der Waals surface area contributed by atoms with E-state index in [0.29, 0.717) is 27.0 Å². The minimum atomic E-state index is -1.47. The highest BCUT2D eigenvalue weighted by atomic mass is 35.5. The molecular formula is C24H28ClN3O3S. The molecule has 2 aromatic rings. The minimum absolute atomic E-state index is 0.134. The molecule has 6 nitrogen and oxygen atoms in total. The zero-order valence-corrected chi connectivity index (χ0v) is 19.7. The van der Waals surface area contributed by atoms with Gasteiger partial charge in [0.2, 0.25) is 0 Å². The molecule has 2 aliphatic rings. The van der Waals surface area contributed by atoms with Crippen molar-refractivity contribution in [3.05, 3.63) is 52.5 Å². The summed E-state index contributed by atoms with van der Waals surface area (Å²) in [5.41, 5.74) is 1.41. The van der Waals surface area contributed by atoms with Gasteiger partial charge in [0.15, 0.2) is 0 Å². The standard InChI is InChI=1S/C24H28ClN3O3S/c1-17-10-19(25)13-22(11-17)31-23-7-6-18(14-26)12-24(23)32(30)28-9-3-4-20(28)15-27-8-2-5-21(27)16-29/h6-7,10-13,20-21,29H,2-5,8-9,15-16H2,1H3. The Labute approximate surface area is 196 Å². The Morgan fingerprint density at radius 1 is 1.19 bits per heavy atom. The van der Waals surface area contributed by atoms with Crippen LogP contribution in [0.5, 0.6) is 11.5 Å². The first-order chi connectivity index (χ1) is 15.5. The summed E-state index contributed by atoms with van der Waals surface area (Å²) in [7, 11) is -1.47. The van der Waals surface area contributed by atoms with Crippen LogP contribution in [0.2, 0.25) is 5.02 Å². The predicted molar refractivity (Wildman–Crippen MR) is 125 cm³/mol. The number of hydrogen-bond acceptors (Lipinski definition) is 5. The molecule has 4 rings (SSSR count). The van der Waals surface area contributed by atoms with Gasteiger partial charge in [-0.25, -0.2) is 8.51 Å². The molecule has 0 bridgehead atoms. The van der Waals surface area contributed by atoms with Crippen molar-refractivity contribution in [2.24, 2.45) is 0 Å². The average Bonchev–Trinajstić information content (AvgIpc) is 3.42. The minimum Gasteiger partial charge on any atom is -0.456 e. The van der Waals surface area contributed by atoms with E-state index in [9.17, 15) is 14.6 Å². The summed E-state index contributed by atoms with van der Waals surface area (Å²) in [5.74, 6) is 1.03. The molecule has 1 N–H and O–H groups in total. The second kappa shape index (κ2) is 10.3. The van der Waals surface area contributed by atoms with Crippen molar-refractivity contribution in [1.29, 1.82) is 5.26 Å². The van der Waals surface area contributed by atoms with Crippen LogP contribution in [0.4, 0.5) is 0 Å². The quantitative estimate of drug-likeness (QED) is 0.650. The van der Waals surface area contributed by atoms with Crippen LogP contribution in [0.15, 0.2) is 41.3 Å². The number of aryl methyl sites for hydroxylation is 1. The molecule has 0 radical (unpaired) electrons. The van der Waals surface area contributed by atoms with Gasteiger partial charge >= 0.3 is 0 Å². The summed E-state index contributed by atoms with van der Waals surface area (Å²) in [6.45, 7) is 4.58. The fourth-order valence-electron chi connectivity index (χ4n) is 4.64. The Balaban J connectivity index is 1.59. The maximum atomic E-state index is 13.7. The van der Waals surface area contributed by atoms with E-state index in [1.165, 1.54) is 0 Å². The molecule has 3 unspecified atom stereocenters. The number of rotatable bonds is 7. The summed E-state index contributed by atoms with van der Waals surface area (Å²) in [6, 6.07) is 12.9. The van der Waals surface area contributed by atoms with Gasteiger partial charge in [0.05, 0.1) is 23.1 Å². The predicted octanol–water partition coefficient (Wildman–Crippen LogP) is 4.26. The third kappa shape index (κ3) is 5.16. The summed E-state index contributed by atoms with van der Waals surface area (Å²) < 4.78 is 21.9. The van der Waals surface area contributed by atoms with Gasteiger partial charge in [-0.2, -0.15) is 5.26 Å². The largest absolute Gasteiger partial charge is 0.456 e. The fraction of sp³-hybridized carbons (Fsp3) is 0.458. The summed E-state index contributed by atoms with van der Waals surface area (Å²) in [4.78, 5) is 2.81. The first-order valence-electron chi connectivity index (χ1n) is 11.0. The van der Waals surface area contributed by atoms with Crippen molar-refractivity contribution in [2.75, 3.05) is 26.2 Å². The molecule has 2 saturated heterocycles. The molecule has 2 aromatic carbocycles. The number of halogens is 1. The Bertz CT molecular complexity index is 1020. The average molecular weight is 474 g/mol. The van der Waals surface area contributed by atoms with E-state index in [4.69, 9.17) is 16.3 Å². The first-order valence-corrected chi connectivity index (χ1v) is 12.5. The second-order valence-corrected chi connectivity index (χ2v) is 10.3. The van der Waals surface area contributed by atoms with Gasteiger partial charge in [-0.15, -0.1) is 0 Å².